The van der Waals surface area contributed by atoms with Crippen LogP contribution in [0.15, 0.2) is 36.9 Å². The van der Waals surface area contributed by atoms with Gasteiger partial charge >= 0.3 is 0 Å². The molecular formula is C22H31Cl2N7O5. The molecule has 2 aromatic heterocycles. The van der Waals surface area contributed by atoms with Crippen molar-refractivity contribution >= 4 is 47.7 Å². The standard InChI is InChI=1S/C22H29N7O5.2ClH/c1-28(2)19-17-20(25-10-24-19)29(11-26-17)22-18(31)16(15(9-30)34-22)27-21(32)14(23)8-12-4-6-13(33-3)7-5-12;;/h4-7,10-11,14-16,18,22,30-31H,8-9,23H2,1-3H3,(H,27,32);2*1H/t14-,15+,16-,18?,22+;;/m0../s1. The molecule has 1 aliphatic heterocycles. The molecule has 5 N–H and O–H groups in total. The van der Waals surface area contributed by atoms with Crippen molar-refractivity contribution in [2.24, 2.45) is 5.73 Å². The Bertz CT molecular complexity index is 1150. The molecule has 0 bridgehead atoms. The van der Waals surface area contributed by atoms with Gasteiger partial charge in [0.25, 0.3) is 0 Å². The first-order valence-electron chi connectivity index (χ1n) is 10.8. The maximum Gasteiger partial charge on any atom is 0.237 e. The minimum absolute atomic E-state index is 0. The predicted molar refractivity (Wildman–Crippen MR) is 138 cm³/mol. The van der Waals surface area contributed by atoms with Crippen molar-refractivity contribution in [2.75, 3.05) is 32.7 Å². The average molecular weight is 544 g/mol. The van der Waals surface area contributed by atoms with Gasteiger partial charge in [-0.15, -0.1) is 24.8 Å². The van der Waals surface area contributed by atoms with Gasteiger partial charge in [-0.3, -0.25) is 9.36 Å². The number of hydrogen-bond acceptors (Lipinski definition) is 10. The van der Waals surface area contributed by atoms with Gasteiger partial charge in [-0.05, 0) is 24.1 Å². The summed E-state index contributed by atoms with van der Waals surface area (Å²) in [6.45, 7) is -0.406. The Balaban J connectivity index is 0.00000228. The first-order chi connectivity index (χ1) is 16.3. The van der Waals surface area contributed by atoms with Gasteiger partial charge in [-0.25, -0.2) is 15.0 Å². The summed E-state index contributed by atoms with van der Waals surface area (Å²) in [5.74, 6) is 0.861. The highest BCUT2D eigenvalue weighted by atomic mass is 35.5. The molecule has 198 valence electrons. The number of aliphatic hydroxyl groups is 2. The van der Waals surface area contributed by atoms with Crippen molar-refractivity contribution in [3.8, 4) is 5.75 Å². The van der Waals surface area contributed by atoms with E-state index in [0.29, 0.717) is 29.2 Å². The van der Waals surface area contributed by atoms with Crippen molar-refractivity contribution in [3.63, 3.8) is 0 Å². The number of carbonyl (C=O) groups excluding carboxylic acids is 1. The highest BCUT2D eigenvalue weighted by molar-refractivity contribution is 5.86. The fraction of sp³-hybridized carbons (Fsp3) is 0.455. The van der Waals surface area contributed by atoms with E-state index in [9.17, 15) is 15.0 Å². The molecule has 12 nitrogen and oxygen atoms in total. The summed E-state index contributed by atoms with van der Waals surface area (Å²) in [4.78, 5) is 27.5. The Kier molecular flexibility index (Phi) is 10.2. The molecule has 0 radical (unpaired) electrons. The Morgan fingerprint density at radius 1 is 1.25 bits per heavy atom. The van der Waals surface area contributed by atoms with Crippen molar-refractivity contribution < 1.29 is 24.5 Å². The van der Waals surface area contributed by atoms with Crippen molar-refractivity contribution in [2.45, 2.75) is 36.9 Å². The van der Waals surface area contributed by atoms with Crippen LogP contribution < -0.4 is 20.7 Å². The van der Waals surface area contributed by atoms with Gasteiger partial charge in [-0.1, -0.05) is 12.1 Å². The Morgan fingerprint density at radius 2 is 1.94 bits per heavy atom. The lowest BCUT2D eigenvalue weighted by atomic mass is 10.0. The van der Waals surface area contributed by atoms with E-state index < -0.39 is 43.0 Å². The molecule has 1 saturated heterocycles. The van der Waals surface area contributed by atoms with Crippen LogP contribution in [0.25, 0.3) is 11.2 Å². The normalized spacial score (nSPS) is 21.8. The number of nitrogens with one attached hydrogen (secondary N) is 1. The third-order valence-electron chi connectivity index (χ3n) is 5.85. The number of nitrogens with zero attached hydrogens (tertiary/aromatic N) is 5. The van der Waals surface area contributed by atoms with E-state index >= 15 is 0 Å². The summed E-state index contributed by atoms with van der Waals surface area (Å²) >= 11 is 0. The number of ether oxygens (including phenoxy) is 2. The molecule has 0 aliphatic carbocycles. The number of carbonyl (C=O) groups is 1. The molecule has 1 aliphatic rings. The minimum Gasteiger partial charge on any atom is -0.497 e. The number of nitrogens with two attached hydrogens (primary N) is 1. The molecule has 1 unspecified atom stereocenters. The molecule has 3 heterocycles. The Hall–Kier alpha value is -2.74. The Labute approximate surface area is 220 Å². The Morgan fingerprint density at radius 3 is 2.56 bits per heavy atom. The SMILES string of the molecule is COc1ccc(C[C@H](N)C(=O)N[C@@H]2C(O)[C@H](n3cnc4c(N(C)C)ncnc43)O[C@@H]2CO)cc1.Cl.Cl. The maximum atomic E-state index is 12.8. The second-order valence-electron chi connectivity index (χ2n) is 8.35. The van der Waals surface area contributed by atoms with Crippen molar-refractivity contribution in [3.05, 3.63) is 42.5 Å². The van der Waals surface area contributed by atoms with E-state index in [4.69, 9.17) is 15.2 Å². The summed E-state index contributed by atoms with van der Waals surface area (Å²) in [7, 11) is 5.25. The summed E-state index contributed by atoms with van der Waals surface area (Å²) in [6, 6.07) is 5.52. The summed E-state index contributed by atoms with van der Waals surface area (Å²) in [5.41, 5.74) is 7.98. The zero-order chi connectivity index (χ0) is 24.4. The molecule has 0 saturated carbocycles. The van der Waals surface area contributed by atoms with Crippen molar-refractivity contribution in [1.82, 2.24) is 24.8 Å². The monoisotopic (exact) mass is 543 g/mol. The number of hydrogen-bond donors (Lipinski definition) is 4. The molecule has 0 spiro atoms. The van der Waals surface area contributed by atoms with Crippen LogP contribution in [0.1, 0.15) is 11.8 Å². The lowest BCUT2D eigenvalue weighted by Crippen LogP contribution is -2.53. The number of rotatable bonds is 8. The molecule has 5 atom stereocenters. The van der Waals surface area contributed by atoms with Crippen LogP contribution in [0.4, 0.5) is 5.82 Å². The summed E-state index contributed by atoms with van der Waals surface area (Å²) in [6.07, 6.45) is 0.250. The van der Waals surface area contributed by atoms with Crippen LogP contribution in [-0.2, 0) is 16.0 Å². The minimum atomic E-state index is -1.18. The van der Waals surface area contributed by atoms with Gasteiger partial charge in [0.05, 0.1) is 32.1 Å². The van der Waals surface area contributed by atoms with Crippen LogP contribution in [0.3, 0.4) is 0 Å². The van der Waals surface area contributed by atoms with Crippen LogP contribution in [0.2, 0.25) is 0 Å². The number of fused-ring (bicyclic) bond motifs is 1. The van der Waals surface area contributed by atoms with Crippen LogP contribution in [0, 0.1) is 0 Å². The van der Waals surface area contributed by atoms with Gasteiger partial charge in [0.15, 0.2) is 23.2 Å². The van der Waals surface area contributed by atoms with Crippen LogP contribution in [-0.4, -0.2) is 87.7 Å². The van der Waals surface area contributed by atoms with Gasteiger partial charge in [0, 0.05) is 14.1 Å². The first kappa shape index (κ1) is 29.5. The fourth-order valence-electron chi connectivity index (χ4n) is 4.04. The van der Waals surface area contributed by atoms with E-state index in [0.717, 1.165) is 5.56 Å². The smallest absolute Gasteiger partial charge is 0.237 e. The third-order valence-corrected chi connectivity index (χ3v) is 5.85. The van der Waals surface area contributed by atoms with Gasteiger partial charge in [0.2, 0.25) is 5.91 Å². The van der Waals surface area contributed by atoms with Crippen LogP contribution >= 0.6 is 24.8 Å². The van der Waals surface area contributed by atoms with E-state index in [2.05, 4.69) is 20.3 Å². The van der Waals surface area contributed by atoms with Gasteiger partial charge in [0.1, 0.15) is 24.3 Å². The molecule has 36 heavy (non-hydrogen) atoms. The number of amides is 1. The number of anilines is 1. The summed E-state index contributed by atoms with van der Waals surface area (Å²) < 4.78 is 12.6. The highest BCUT2D eigenvalue weighted by Gasteiger charge is 2.46. The van der Waals surface area contributed by atoms with Crippen molar-refractivity contribution in [1.29, 1.82) is 0 Å². The maximum absolute atomic E-state index is 12.8. The zero-order valence-corrected chi connectivity index (χ0v) is 21.6. The molecule has 14 heteroatoms. The van der Waals surface area contributed by atoms with Gasteiger partial charge in [-0.2, -0.15) is 0 Å². The first-order valence-corrected chi connectivity index (χ1v) is 10.8. The second kappa shape index (κ2) is 12.5. The quantitative estimate of drug-likeness (QED) is 0.305. The number of benzene rings is 1. The largest absolute Gasteiger partial charge is 0.497 e. The van der Waals surface area contributed by atoms with E-state index in [1.807, 2.05) is 26.2 Å². The highest BCUT2D eigenvalue weighted by Crippen LogP contribution is 2.32. The molecule has 1 fully saturated rings. The predicted octanol–water partition coefficient (Wildman–Crippen LogP) is 0.0499. The lowest BCUT2D eigenvalue weighted by molar-refractivity contribution is -0.124. The van der Waals surface area contributed by atoms with E-state index in [-0.39, 0.29) is 24.8 Å². The molecule has 1 amide bonds. The molecule has 3 aromatic rings. The molecular weight excluding hydrogens is 513 g/mol. The molecule has 4 rings (SSSR count). The third kappa shape index (κ3) is 5.80. The number of halogens is 2. The summed E-state index contributed by atoms with van der Waals surface area (Å²) in [5, 5.41) is 23.6. The zero-order valence-electron chi connectivity index (χ0n) is 20.0. The van der Waals surface area contributed by atoms with E-state index in [1.165, 1.54) is 12.7 Å². The van der Waals surface area contributed by atoms with Crippen LogP contribution in [0.5, 0.6) is 5.75 Å². The number of aliphatic hydroxyl groups excluding tert-OH is 2. The van der Waals surface area contributed by atoms with E-state index in [1.54, 1.807) is 28.7 Å². The number of aromatic nitrogens is 4. The second-order valence-corrected chi connectivity index (χ2v) is 8.35. The molecule has 1 aromatic carbocycles. The van der Waals surface area contributed by atoms with Gasteiger partial charge < -0.3 is 35.6 Å². The fourth-order valence-corrected chi connectivity index (χ4v) is 4.04. The topological polar surface area (TPSA) is 161 Å². The lowest BCUT2D eigenvalue weighted by Gasteiger charge is -2.23. The number of imidazole rings is 1. The number of methoxy groups -OCH3 is 1. The average Bonchev–Trinajstić information content (AvgIpc) is 3.40.